The van der Waals surface area contributed by atoms with Crippen LogP contribution >= 0.6 is 0 Å². The van der Waals surface area contributed by atoms with Gasteiger partial charge in [0.15, 0.2) is 0 Å². The molecule has 134 valence electrons. The quantitative estimate of drug-likeness (QED) is 0.898. The topological polar surface area (TPSA) is 68.2 Å². The molecule has 2 heterocycles. The van der Waals surface area contributed by atoms with E-state index < -0.39 is 0 Å². The molecular formula is C19H26N4O2. The van der Waals surface area contributed by atoms with Gasteiger partial charge in [-0.25, -0.2) is 4.79 Å². The molecule has 25 heavy (non-hydrogen) atoms. The molecule has 2 amide bonds. The summed E-state index contributed by atoms with van der Waals surface area (Å²) in [5.74, 6) is 0. The fraction of sp³-hybridized carbons (Fsp3) is 0.474. The fourth-order valence-corrected chi connectivity index (χ4v) is 3.64. The van der Waals surface area contributed by atoms with E-state index in [1.54, 1.807) is 10.9 Å². The molecule has 0 spiro atoms. The van der Waals surface area contributed by atoms with Crippen molar-refractivity contribution in [3.63, 3.8) is 0 Å². The summed E-state index contributed by atoms with van der Waals surface area (Å²) in [7, 11) is 1.87. The Morgan fingerprint density at radius 2 is 2.08 bits per heavy atom. The molecule has 1 fully saturated rings. The van der Waals surface area contributed by atoms with Crippen LogP contribution in [0, 0.1) is 13.8 Å². The minimum Gasteiger partial charge on any atom is -0.371 e. The molecule has 1 aliphatic rings. The lowest BCUT2D eigenvalue weighted by atomic mass is 9.97. The average Bonchev–Trinajstić information content (AvgIpc) is 3.15. The van der Waals surface area contributed by atoms with Gasteiger partial charge >= 0.3 is 6.03 Å². The van der Waals surface area contributed by atoms with Gasteiger partial charge in [0, 0.05) is 25.4 Å². The number of carbonyl (C=O) groups is 1. The summed E-state index contributed by atoms with van der Waals surface area (Å²) in [6.07, 6.45) is 4.38. The lowest BCUT2D eigenvalue weighted by molar-refractivity contribution is 0.0998. The number of nitrogens with zero attached hydrogens (tertiary/aromatic N) is 2. The number of carbonyl (C=O) groups excluding carboxylic acids is 1. The molecule has 3 rings (SSSR count). The average molecular weight is 342 g/mol. The van der Waals surface area contributed by atoms with Crippen LogP contribution in [0.2, 0.25) is 0 Å². The SMILES string of the molecule is Cc1cccc(C)c1[C@@H](C)NC(=O)N[C@H]1CCO[C@@H]1c1cnn(C)c1. The van der Waals surface area contributed by atoms with Gasteiger partial charge in [-0.2, -0.15) is 5.10 Å². The van der Waals surface area contributed by atoms with Crippen molar-refractivity contribution in [2.45, 2.75) is 45.4 Å². The largest absolute Gasteiger partial charge is 0.371 e. The monoisotopic (exact) mass is 342 g/mol. The first-order valence-corrected chi connectivity index (χ1v) is 8.69. The van der Waals surface area contributed by atoms with Gasteiger partial charge in [-0.05, 0) is 43.9 Å². The number of amides is 2. The molecule has 0 aliphatic carbocycles. The second-order valence-electron chi connectivity index (χ2n) is 6.78. The number of aryl methyl sites for hydroxylation is 3. The number of benzene rings is 1. The number of ether oxygens (including phenoxy) is 1. The van der Waals surface area contributed by atoms with Gasteiger partial charge in [0.2, 0.25) is 0 Å². The van der Waals surface area contributed by atoms with Crippen LogP contribution in [0.5, 0.6) is 0 Å². The molecule has 2 N–H and O–H groups in total. The summed E-state index contributed by atoms with van der Waals surface area (Å²) >= 11 is 0. The summed E-state index contributed by atoms with van der Waals surface area (Å²) in [4.78, 5) is 12.5. The van der Waals surface area contributed by atoms with Crippen LogP contribution in [0.1, 0.15) is 47.7 Å². The second-order valence-corrected chi connectivity index (χ2v) is 6.78. The van der Waals surface area contributed by atoms with Crippen molar-refractivity contribution in [1.82, 2.24) is 20.4 Å². The van der Waals surface area contributed by atoms with Gasteiger partial charge in [0.1, 0.15) is 6.10 Å². The van der Waals surface area contributed by atoms with Crippen molar-refractivity contribution in [2.75, 3.05) is 6.61 Å². The van der Waals surface area contributed by atoms with Crippen LogP contribution in [-0.4, -0.2) is 28.5 Å². The summed E-state index contributed by atoms with van der Waals surface area (Å²) < 4.78 is 7.55. The highest BCUT2D eigenvalue weighted by Crippen LogP contribution is 2.29. The second kappa shape index (κ2) is 7.27. The Hall–Kier alpha value is -2.34. The molecule has 0 bridgehead atoms. The van der Waals surface area contributed by atoms with Gasteiger partial charge in [0.05, 0.1) is 18.3 Å². The maximum absolute atomic E-state index is 12.5. The third-order valence-electron chi connectivity index (χ3n) is 4.78. The highest BCUT2D eigenvalue weighted by molar-refractivity contribution is 5.75. The first kappa shape index (κ1) is 17.5. The maximum atomic E-state index is 12.5. The number of hydrogen-bond acceptors (Lipinski definition) is 3. The van der Waals surface area contributed by atoms with Crippen molar-refractivity contribution in [2.24, 2.45) is 7.05 Å². The zero-order valence-electron chi connectivity index (χ0n) is 15.2. The Morgan fingerprint density at radius 3 is 2.72 bits per heavy atom. The molecule has 1 saturated heterocycles. The van der Waals surface area contributed by atoms with Gasteiger partial charge in [-0.15, -0.1) is 0 Å². The predicted molar refractivity (Wildman–Crippen MR) is 96.3 cm³/mol. The van der Waals surface area contributed by atoms with E-state index >= 15 is 0 Å². The highest BCUT2D eigenvalue weighted by Gasteiger charge is 2.32. The molecule has 1 aromatic heterocycles. The Morgan fingerprint density at radius 1 is 1.36 bits per heavy atom. The minimum atomic E-state index is -0.167. The van der Waals surface area contributed by atoms with Crippen LogP contribution in [0.25, 0.3) is 0 Å². The summed E-state index contributed by atoms with van der Waals surface area (Å²) in [6, 6.07) is 5.91. The Kier molecular flexibility index (Phi) is 5.08. The third kappa shape index (κ3) is 3.85. The van der Waals surface area contributed by atoms with Crippen molar-refractivity contribution < 1.29 is 9.53 Å². The zero-order valence-corrected chi connectivity index (χ0v) is 15.2. The third-order valence-corrected chi connectivity index (χ3v) is 4.78. The van der Waals surface area contributed by atoms with Crippen LogP contribution in [0.3, 0.4) is 0 Å². The van der Waals surface area contributed by atoms with Gasteiger partial charge in [-0.1, -0.05) is 18.2 Å². The summed E-state index contributed by atoms with van der Waals surface area (Å²) in [5, 5.41) is 10.3. The standard InChI is InChI=1S/C19H26N4O2/c1-12-6-5-7-13(2)17(12)14(3)21-19(24)22-16-8-9-25-18(16)15-10-20-23(4)11-15/h5-7,10-11,14,16,18H,8-9H2,1-4H3,(H2,21,22,24)/t14-,16+,18-/m1/s1. The van der Waals surface area contributed by atoms with E-state index in [9.17, 15) is 4.79 Å². The minimum absolute atomic E-state index is 0.0469. The van der Waals surface area contributed by atoms with Crippen molar-refractivity contribution in [1.29, 1.82) is 0 Å². The lowest BCUT2D eigenvalue weighted by Crippen LogP contribution is -2.44. The molecule has 0 unspecified atom stereocenters. The molecule has 3 atom stereocenters. The van der Waals surface area contributed by atoms with Gasteiger partial charge in [0.25, 0.3) is 0 Å². The van der Waals surface area contributed by atoms with Gasteiger partial charge < -0.3 is 15.4 Å². The number of nitrogens with one attached hydrogen (secondary N) is 2. The molecule has 0 radical (unpaired) electrons. The zero-order chi connectivity index (χ0) is 18.0. The van der Waals surface area contributed by atoms with Crippen molar-refractivity contribution >= 4 is 6.03 Å². The molecule has 6 heteroatoms. The van der Waals surface area contributed by atoms with Crippen molar-refractivity contribution in [3.05, 3.63) is 52.8 Å². The van der Waals surface area contributed by atoms with E-state index in [0.29, 0.717) is 6.61 Å². The molecular weight excluding hydrogens is 316 g/mol. The van der Waals surface area contributed by atoms with E-state index in [-0.39, 0.29) is 24.2 Å². The first-order chi connectivity index (χ1) is 12.0. The fourth-order valence-electron chi connectivity index (χ4n) is 3.64. The van der Waals surface area contributed by atoms with Crippen molar-refractivity contribution in [3.8, 4) is 0 Å². The lowest BCUT2D eigenvalue weighted by Gasteiger charge is -2.23. The first-order valence-electron chi connectivity index (χ1n) is 8.69. The van der Waals surface area contributed by atoms with Crippen LogP contribution in [-0.2, 0) is 11.8 Å². The number of rotatable bonds is 4. The van der Waals surface area contributed by atoms with E-state index in [1.165, 1.54) is 16.7 Å². The molecule has 0 saturated carbocycles. The van der Waals surface area contributed by atoms with E-state index in [2.05, 4.69) is 41.7 Å². The molecule has 2 aromatic rings. The highest BCUT2D eigenvalue weighted by atomic mass is 16.5. The number of aromatic nitrogens is 2. The van der Waals surface area contributed by atoms with E-state index in [4.69, 9.17) is 4.74 Å². The summed E-state index contributed by atoms with van der Waals surface area (Å²) in [6.45, 7) is 6.79. The number of urea groups is 1. The maximum Gasteiger partial charge on any atom is 0.315 e. The Bertz CT molecular complexity index is 735. The predicted octanol–water partition coefficient (Wildman–Crippen LogP) is 2.93. The molecule has 1 aromatic carbocycles. The molecule has 1 aliphatic heterocycles. The van der Waals surface area contributed by atoms with Gasteiger partial charge in [-0.3, -0.25) is 4.68 Å². The van der Waals surface area contributed by atoms with Crippen LogP contribution in [0.15, 0.2) is 30.6 Å². The Labute approximate surface area is 148 Å². The van der Waals surface area contributed by atoms with Crippen LogP contribution < -0.4 is 10.6 Å². The van der Waals surface area contributed by atoms with Crippen LogP contribution in [0.4, 0.5) is 4.79 Å². The smallest absolute Gasteiger partial charge is 0.315 e. The summed E-state index contributed by atoms with van der Waals surface area (Å²) in [5.41, 5.74) is 4.53. The van der Waals surface area contributed by atoms with E-state index in [1.807, 2.05) is 26.2 Å². The normalized spacial score (nSPS) is 21.1. The Balaban J connectivity index is 1.64. The molecule has 6 nitrogen and oxygen atoms in total. The van der Waals surface area contributed by atoms with E-state index in [0.717, 1.165) is 12.0 Å². The number of hydrogen-bond donors (Lipinski definition) is 2.